The predicted octanol–water partition coefficient (Wildman–Crippen LogP) is 1.43. The van der Waals surface area contributed by atoms with Crippen molar-refractivity contribution in [2.75, 3.05) is 20.2 Å². The number of aliphatic carboxylic acids is 1. The summed E-state index contributed by atoms with van der Waals surface area (Å²) in [6.07, 6.45) is 6.53. The van der Waals surface area contributed by atoms with Gasteiger partial charge in [0, 0.05) is 33.0 Å². The van der Waals surface area contributed by atoms with Gasteiger partial charge in [0.1, 0.15) is 0 Å². The average molecular weight is 255 g/mol. The third kappa shape index (κ3) is 5.31. The maximum atomic E-state index is 11.9. The highest BCUT2D eigenvalue weighted by molar-refractivity contribution is 5.77. The van der Waals surface area contributed by atoms with E-state index in [0.717, 1.165) is 12.8 Å². The first-order valence-electron chi connectivity index (χ1n) is 6.32. The van der Waals surface area contributed by atoms with Crippen molar-refractivity contribution in [1.29, 1.82) is 0 Å². The summed E-state index contributed by atoms with van der Waals surface area (Å²) in [5, 5.41) is 8.53. The second-order valence-electron chi connectivity index (χ2n) is 4.41. The Morgan fingerprint density at radius 3 is 2.83 bits per heavy atom. The second kappa shape index (κ2) is 7.87. The van der Waals surface area contributed by atoms with Crippen LogP contribution in [-0.2, 0) is 14.3 Å². The topological polar surface area (TPSA) is 66.8 Å². The number of amides is 1. The molecule has 1 amide bonds. The van der Waals surface area contributed by atoms with Gasteiger partial charge in [0.15, 0.2) is 0 Å². The van der Waals surface area contributed by atoms with Crippen LogP contribution in [-0.4, -0.2) is 48.2 Å². The fraction of sp³-hybridized carbons (Fsp3) is 0.692. The van der Waals surface area contributed by atoms with Crippen LogP contribution in [0.1, 0.15) is 32.1 Å². The standard InChI is InChI=1S/C13H21NO4/c1-18-11-5-2-3-9-14(10-8-11)12(15)6-4-7-13(16)17/h2,5,11H,3-4,6-10H2,1H3,(H,16,17)/b5-2-/t11-/m0/s1. The van der Waals surface area contributed by atoms with Crippen LogP contribution in [0.25, 0.3) is 0 Å². The van der Waals surface area contributed by atoms with Gasteiger partial charge in [-0.3, -0.25) is 9.59 Å². The lowest BCUT2D eigenvalue weighted by atomic mass is 10.1. The number of methoxy groups -OCH3 is 1. The van der Waals surface area contributed by atoms with Crippen LogP contribution in [0.3, 0.4) is 0 Å². The fourth-order valence-corrected chi connectivity index (χ4v) is 1.96. The summed E-state index contributed by atoms with van der Waals surface area (Å²) in [7, 11) is 1.66. The molecule has 1 atom stereocenters. The zero-order valence-electron chi connectivity index (χ0n) is 10.8. The Morgan fingerprint density at radius 2 is 2.17 bits per heavy atom. The van der Waals surface area contributed by atoms with Gasteiger partial charge in [0.05, 0.1) is 6.10 Å². The van der Waals surface area contributed by atoms with Gasteiger partial charge in [-0.1, -0.05) is 12.2 Å². The van der Waals surface area contributed by atoms with Crippen LogP contribution in [0.15, 0.2) is 12.2 Å². The van der Waals surface area contributed by atoms with Crippen LogP contribution >= 0.6 is 0 Å². The smallest absolute Gasteiger partial charge is 0.303 e. The lowest BCUT2D eigenvalue weighted by Crippen LogP contribution is -2.35. The molecule has 18 heavy (non-hydrogen) atoms. The summed E-state index contributed by atoms with van der Waals surface area (Å²) < 4.78 is 5.26. The van der Waals surface area contributed by atoms with Crippen LogP contribution in [0.2, 0.25) is 0 Å². The van der Waals surface area contributed by atoms with E-state index in [-0.39, 0.29) is 18.4 Å². The summed E-state index contributed by atoms with van der Waals surface area (Å²) in [6.45, 7) is 1.38. The Kier molecular flexibility index (Phi) is 6.43. The molecule has 0 aromatic carbocycles. The van der Waals surface area contributed by atoms with E-state index in [1.54, 1.807) is 12.0 Å². The molecule has 0 bridgehead atoms. The maximum Gasteiger partial charge on any atom is 0.303 e. The monoisotopic (exact) mass is 255 g/mol. The summed E-state index contributed by atoms with van der Waals surface area (Å²) in [5.41, 5.74) is 0. The number of hydrogen-bond donors (Lipinski definition) is 1. The summed E-state index contributed by atoms with van der Waals surface area (Å²) in [6, 6.07) is 0. The lowest BCUT2D eigenvalue weighted by Gasteiger charge is -2.25. The first-order chi connectivity index (χ1) is 8.63. The number of nitrogens with zero attached hydrogens (tertiary/aromatic N) is 1. The lowest BCUT2D eigenvalue weighted by molar-refractivity contribution is -0.137. The molecule has 0 aliphatic carbocycles. The molecule has 0 saturated carbocycles. The molecule has 1 rings (SSSR count). The molecular formula is C13H21NO4. The first-order valence-corrected chi connectivity index (χ1v) is 6.32. The van der Waals surface area contributed by atoms with E-state index in [1.807, 2.05) is 12.2 Å². The van der Waals surface area contributed by atoms with E-state index in [2.05, 4.69) is 0 Å². The number of carbonyl (C=O) groups excluding carboxylic acids is 1. The highest BCUT2D eigenvalue weighted by Gasteiger charge is 2.16. The molecule has 1 aliphatic rings. The third-order valence-electron chi connectivity index (χ3n) is 3.04. The van der Waals surface area contributed by atoms with Gasteiger partial charge < -0.3 is 14.7 Å². The Bertz CT molecular complexity index is 314. The molecule has 0 aromatic rings. The number of ether oxygens (including phenoxy) is 1. The van der Waals surface area contributed by atoms with Gasteiger partial charge in [-0.05, 0) is 19.3 Å². The molecule has 0 radical (unpaired) electrons. The van der Waals surface area contributed by atoms with E-state index < -0.39 is 5.97 Å². The Labute approximate surface area is 107 Å². The van der Waals surface area contributed by atoms with Gasteiger partial charge in [-0.15, -0.1) is 0 Å². The number of hydrogen-bond acceptors (Lipinski definition) is 3. The van der Waals surface area contributed by atoms with Crippen molar-refractivity contribution in [3.05, 3.63) is 12.2 Å². The first kappa shape index (κ1) is 14.7. The molecule has 0 aromatic heterocycles. The molecule has 0 unspecified atom stereocenters. The SMILES string of the molecule is CO[C@H]1/C=C\CCN(C(=O)CCCC(=O)O)CC1. The Hall–Kier alpha value is -1.36. The van der Waals surface area contributed by atoms with Crippen molar-refractivity contribution in [3.63, 3.8) is 0 Å². The molecular weight excluding hydrogens is 234 g/mol. The summed E-state index contributed by atoms with van der Waals surface area (Å²) in [4.78, 5) is 24.1. The summed E-state index contributed by atoms with van der Waals surface area (Å²) >= 11 is 0. The van der Waals surface area contributed by atoms with Crippen LogP contribution in [0, 0.1) is 0 Å². The van der Waals surface area contributed by atoms with Gasteiger partial charge in [0.2, 0.25) is 5.91 Å². The largest absolute Gasteiger partial charge is 0.481 e. The average Bonchev–Trinajstić information content (AvgIpc) is 2.28. The molecule has 5 nitrogen and oxygen atoms in total. The number of rotatable bonds is 5. The zero-order valence-corrected chi connectivity index (χ0v) is 10.8. The number of carboxylic acid groups (broad SMARTS) is 1. The number of carbonyl (C=O) groups is 2. The van der Waals surface area contributed by atoms with Crippen molar-refractivity contribution < 1.29 is 19.4 Å². The minimum absolute atomic E-state index is 0.0430. The fourth-order valence-electron chi connectivity index (χ4n) is 1.96. The van der Waals surface area contributed by atoms with Crippen LogP contribution in [0.4, 0.5) is 0 Å². The molecule has 0 spiro atoms. The van der Waals surface area contributed by atoms with Gasteiger partial charge >= 0.3 is 5.97 Å². The van der Waals surface area contributed by atoms with E-state index in [9.17, 15) is 9.59 Å². The molecule has 1 aliphatic heterocycles. The highest BCUT2D eigenvalue weighted by atomic mass is 16.5. The molecule has 1 heterocycles. The zero-order chi connectivity index (χ0) is 13.4. The van der Waals surface area contributed by atoms with Crippen LogP contribution < -0.4 is 0 Å². The van der Waals surface area contributed by atoms with Crippen molar-refractivity contribution in [2.24, 2.45) is 0 Å². The summed E-state index contributed by atoms with van der Waals surface area (Å²) in [5.74, 6) is -0.806. The Morgan fingerprint density at radius 1 is 1.39 bits per heavy atom. The minimum atomic E-state index is -0.849. The van der Waals surface area contributed by atoms with Crippen molar-refractivity contribution >= 4 is 11.9 Å². The molecule has 5 heteroatoms. The highest BCUT2D eigenvalue weighted by Crippen LogP contribution is 2.10. The normalized spacial score (nSPS) is 22.1. The molecule has 0 fully saturated rings. The van der Waals surface area contributed by atoms with Crippen molar-refractivity contribution in [2.45, 2.75) is 38.2 Å². The third-order valence-corrected chi connectivity index (χ3v) is 3.04. The van der Waals surface area contributed by atoms with Crippen molar-refractivity contribution in [3.8, 4) is 0 Å². The van der Waals surface area contributed by atoms with E-state index in [0.29, 0.717) is 25.9 Å². The second-order valence-corrected chi connectivity index (χ2v) is 4.41. The number of carboxylic acids is 1. The molecule has 1 N–H and O–H groups in total. The van der Waals surface area contributed by atoms with E-state index in [1.165, 1.54) is 0 Å². The predicted molar refractivity (Wildman–Crippen MR) is 67.2 cm³/mol. The van der Waals surface area contributed by atoms with E-state index in [4.69, 9.17) is 9.84 Å². The quantitative estimate of drug-likeness (QED) is 0.755. The molecule has 102 valence electrons. The Balaban J connectivity index is 2.37. The van der Waals surface area contributed by atoms with Gasteiger partial charge in [-0.25, -0.2) is 0 Å². The maximum absolute atomic E-state index is 11.9. The van der Waals surface area contributed by atoms with Gasteiger partial charge in [0.25, 0.3) is 0 Å². The van der Waals surface area contributed by atoms with E-state index >= 15 is 0 Å². The van der Waals surface area contributed by atoms with Gasteiger partial charge in [-0.2, -0.15) is 0 Å². The van der Waals surface area contributed by atoms with Crippen molar-refractivity contribution in [1.82, 2.24) is 4.90 Å². The minimum Gasteiger partial charge on any atom is -0.481 e. The van der Waals surface area contributed by atoms with Crippen LogP contribution in [0.5, 0.6) is 0 Å². The molecule has 0 saturated heterocycles.